The highest BCUT2D eigenvalue weighted by molar-refractivity contribution is 6.30. The lowest BCUT2D eigenvalue weighted by Crippen LogP contribution is -2.30. The molecule has 1 amide bonds. The zero-order chi connectivity index (χ0) is 16.5. The molecule has 8 heteroatoms. The number of carbonyl (C=O) groups excluding carboxylic acids is 2. The number of hydrogen-bond acceptors (Lipinski definition) is 5. The molecule has 0 radical (unpaired) electrons. The van der Waals surface area contributed by atoms with E-state index >= 15 is 0 Å². The van der Waals surface area contributed by atoms with Crippen LogP contribution in [0.4, 0.5) is 4.79 Å². The molecule has 0 saturated carbocycles. The number of carboxylic acids is 1. The van der Waals surface area contributed by atoms with Crippen molar-refractivity contribution >= 4 is 29.6 Å². The molecule has 0 bridgehead atoms. The maximum atomic E-state index is 11.4. The highest BCUT2D eigenvalue weighted by atomic mass is 35.5. The third-order valence-corrected chi connectivity index (χ3v) is 2.96. The predicted molar refractivity (Wildman–Crippen MR) is 77.6 cm³/mol. The third kappa shape index (κ3) is 6.94. The van der Waals surface area contributed by atoms with Crippen molar-refractivity contribution in [2.24, 2.45) is 0 Å². The summed E-state index contributed by atoms with van der Waals surface area (Å²) in [6.45, 7) is 0.753. The van der Waals surface area contributed by atoms with Crippen molar-refractivity contribution in [3.8, 4) is 0 Å². The summed E-state index contributed by atoms with van der Waals surface area (Å²) in [5, 5.41) is 11.9. The predicted octanol–water partition coefficient (Wildman–Crippen LogP) is 2.15. The number of benzene rings is 1. The van der Waals surface area contributed by atoms with Gasteiger partial charge in [-0.15, -0.1) is 0 Å². The summed E-state index contributed by atoms with van der Waals surface area (Å²) in [4.78, 5) is 32.8. The second kappa shape index (κ2) is 8.89. The minimum Gasteiger partial charge on any atom is -0.481 e. The van der Waals surface area contributed by atoms with Crippen LogP contribution < -0.4 is 5.32 Å². The van der Waals surface area contributed by atoms with E-state index in [-0.39, 0.29) is 13.0 Å². The summed E-state index contributed by atoms with van der Waals surface area (Å²) in [5.74, 6) is -2.00. The van der Waals surface area contributed by atoms with Gasteiger partial charge in [-0.2, -0.15) is 0 Å². The Balaban J connectivity index is 2.55. The number of ether oxygens (including phenoxy) is 2. The Morgan fingerprint density at radius 1 is 1.23 bits per heavy atom. The Hall–Kier alpha value is -2.28. The summed E-state index contributed by atoms with van der Waals surface area (Å²) in [5.41, 5.74) is 0.729. The Bertz CT molecular complexity index is 531. The van der Waals surface area contributed by atoms with Crippen LogP contribution in [0.15, 0.2) is 24.3 Å². The molecule has 0 aliphatic carbocycles. The van der Waals surface area contributed by atoms with Gasteiger partial charge in [0.1, 0.15) is 0 Å². The van der Waals surface area contributed by atoms with E-state index in [2.05, 4.69) is 14.8 Å². The summed E-state index contributed by atoms with van der Waals surface area (Å²) < 4.78 is 9.05. The average Bonchev–Trinajstić information content (AvgIpc) is 2.43. The molecule has 0 saturated heterocycles. The molecule has 22 heavy (non-hydrogen) atoms. The first kappa shape index (κ1) is 17.8. The lowest BCUT2D eigenvalue weighted by molar-refractivity contribution is -0.149. The fraction of sp³-hybridized carbons (Fsp3) is 0.357. The van der Waals surface area contributed by atoms with Crippen molar-refractivity contribution in [2.75, 3.05) is 13.3 Å². The van der Waals surface area contributed by atoms with Crippen LogP contribution in [0.5, 0.6) is 0 Å². The van der Waals surface area contributed by atoms with Crippen molar-refractivity contribution in [2.45, 2.75) is 19.3 Å². The Labute approximate surface area is 132 Å². The van der Waals surface area contributed by atoms with Crippen molar-refractivity contribution in [3.05, 3.63) is 34.9 Å². The van der Waals surface area contributed by atoms with Crippen molar-refractivity contribution in [1.82, 2.24) is 5.32 Å². The van der Waals surface area contributed by atoms with Crippen molar-refractivity contribution in [1.29, 1.82) is 0 Å². The molecule has 1 atom stereocenters. The number of carbonyl (C=O) groups is 3. The number of carboxylic acid groups (broad SMARTS) is 1. The Kier molecular flexibility index (Phi) is 7.18. The van der Waals surface area contributed by atoms with E-state index in [0.717, 1.165) is 5.56 Å². The van der Waals surface area contributed by atoms with Crippen LogP contribution in [0.3, 0.4) is 0 Å². The summed E-state index contributed by atoms with van der Waals surface area (Å²) in [7, 11) is 0. The lowest BCUT2D eigenvalue weighted by atomic mass is 9.96. The molecule has 0 aromatic heterocycles. The van der Waals surface area contributed by atoms with Gasteiger partial charge < -0.3 is 19.9 Å². The zero-order valence-electron chi connectivity index (χ0n) is 11.9. The maximum absolute atomic E-state index is 11.4. The van der Waals surface area contributed by atoms with Gasteiger partial charge in [-0.25, -0.2) is 4.79 Å². The third-order valence-electron chi connectivity index (χ3n) is 2.71. The average molecular weight is 330 g/mol. The number of amides is 1. The van der Waals surface area contributed by atoms with E-state index in [1.165, 1.54) is 6.92 Å². The number of alkyl carbamates (subject to hydrolysis) is 1. The second-order valence-electron chi connectivity index (χ2n) is 4.41. The second-order valence-corrected chi connectivity index (χ2v) is 4.85. The molecule has 0 fully saturated rings. The largest absolute Gasteiger partial charge is 0.481 e. The van der Waals surface area contributed by atoms with Gasteiger partial charge in [0.05, 0.1) is 6.42 Å². The van der Waals surface area contributed by atoms with E-state index in [1.807, 2.05) is 0 Å². The van der Waals surface area contributed by atoms with E-state index in [9.17, 15) is 14.4 Å². The molecule has 0 heterocycles. The van der Waals surface area contributed by atoms with Crippen LogP contribution in [0.2, 0.25) is 5.02 Å². The highest BCUT2D eigenvalue weighted by Gasteiger charge is 2.17. The fourth-order valence-corrected chi connectivity index (χ4v) is 1.80. The Morgan fingerprint density at radius 2 is 1.86 bits per heavy atom. The number of nitrogens with one attached hydrogen (secondary N) is 1. The quantitative estimate of drug-likeness (QED) is 0.587. The van der Waals surface area contributed by atoms with E-state index < -0.39 is 30.7 Å². The molecule has 1 aromatic carbocycles. The van der Waals surface area contributed by atoms with Gasteiger partial charge in [-0.1, -0.05) is 23.7 Å². The monoisotopic (exact) mass is 329 g/mol. The Morgan fingerprint density at radius 3 is 2.41 bits per heavy atom. The first-order valence-corrected chi connectivity index (χ1v) is 6.77. The zero-order valence-corrected chi connectivity index (χ0v) is 12.6. The van der Waals surface area contributed by atoms with Crippen LogP contribution in [-0.4, -0.2) is 36.5 Å². The highest BCUT2D eigenvalue weighted by Crippen LogP contribution is 2.21. The number of halogens is 1. The topological polar surface area (TPSA) is 102 Å². The first-order chi connectivity index (χ1) is 10.4. The number of hydrogen-bond donors (Lipinski definition) is 2. The van der Waals surface area contributed by atoms with E-state index in [4.69, 9.17) is 16.7 Å². The van der Waals surface area contributed by atoms with Crippen molar-refractivity contribution in [3.63, 3.8) is 0 Å². The maximum Gasteiger partial charge on any atom is 0.410 e. The summed E-state index contributed by atoms with van der Waals surface area (Å²) in [6, 6.07) is 6.68. The van der Waals surface area contributed by atoms with Crippen LogP contribution in [-0.2, 0) is 19.1 Å². The van der Waals surface area contributed by atoms with E-state index in [1.54, 1.807) is 24.3 Å². The minimum absolute atomic E-state index is 0.0623. The normalized spacial score (nSPS) is 11.4. The van der Waals surface area contributed by atoms with Gasteiger partial charge in [0.15, 0.2) is 0 Å². The van der Waals surface area contributed by atoms with Gasteiger partial charge in [0, 0.05) is 24.4 Å². The molecular weight excluding hydrogens is 314 g/mol. The van der Waals surface area contributed by atoms with Gasteiger partial charge in [-0.3, -0.25) is 9.59 Å². The standard InChI is InChI=1S/C14H16ClNO6/c1-9(17)21-8-22-14(20)16-7-11(6-13(18)19)10-2-4-12(15)5-3-10/h2-5,11H,6-8H2,1H3,(H,16,20)(H,18,19)/t11-/m0/s1. The number of aliphatic carboxylic acids is 1. The van der Waals surface area contributed by atoms with Gasteiger partial charge in [0.25, 0.3) is 0 Å². The number of rotatable bonds is 7. The van der Waals surface area contributed by atoms with E-state index in [0.29, 0.717) is 5.02 Å². The minimum atomic E-state index is -0.991. The van der Waals surface area contributed by atoms with Gasteiger partial charge >= 0.3 is 18.0 Å². The molecule has 2 N–H and O–H groups in total. The molecule has 1 aromatic rings. The SMILES string of the molecule is CC(=O)OCOC(=O)NC[C@H](CC(=O)O)c1ccc(Cl)cc1. The molecule has 120 valence electrons. The number of esters is 1. The fourth-order valence-electron chi connectivity index (χ4n) is 1.68. The van der Waals surface area contributed by atoms with Crippen LogP contribution in [0.1, 0.15) is 24.8 Å². The molecule has 0 unspecified atom stereocenters. The molecule has 0 aliphatic heterocycles. The smallest absolute Gasteiger partial charge is 0.410 e. The van der Waals surface area contributed by atoms with Crippen LogP contribution >= 0.6 is 11.6 Å². The van der Waals surface area contributed by atoms with Gasteiger partial charge in [-0.05, 0) is 17.7 Å². The first-order valence-electron chi connectivity index (χ1n) is 6.39. The molecule has 1 rings (SSSR count). The molecule has 0 spiro atoms. The van der Waals surface area contributed by atoms with Gasteiger partial charge in [0.2, 0.25) is 6.79 Å². The molecule has 7 nitrogen and oxygen atoms in total. The lowest BCUT2D eigenvalue weighted by Gasteiger charge is -2.16. The van der Waals surface area contributed by atoms with Crippen molar-refractivity contribution < 1.29 is 29.0 Å². The summed E-state index contributed by atoms with van der Waals surface area (Å²) in [6.07, 6.45) is -0.961. The van der Waals surface area contributed by atoms with Crippen LogP contribution in [0, 0.1) is 0 Å². The van der Waals surface area contributed by atoms with Crippen LogP contribution in [0.25, 0.3) is 0 Å². The summed E-state index contributed by atoms with van der Waals surface area (Å²) >= 11 is 5.78. The molecular formula is C14H16ClNO6. The molecule has 0 aliphatic rings.